The van der Waals surface area contributed by atoms with Crippen LogP contribution in [0, 0.1) is 5.92 Å². The average Bonchev–Trinajstić information content (AvgIpc) is 2.78. The van der Waals surface area contributed by atoms with Gasteiger partial charge >= 0.3 is 11.8 Å². The predicted molar refractivity (Wildman–Crippen MR) is 41.3 cm³/mol. The summed E-state index contributed by atoms with van der Waals surface area (Å²) in [5, 5.41) is 4.67. The quantitative estimate of drug-likeness (QED) is 0.518. The van der Waals surface area contributed by atoms with E-state index in [-0.39, 0.29) is 0 Å². The van der Waals surface area contributed by atoms with Crippen LogP contribution in [-0.4, -0.2) is 24.3 Å². The van der Waals surface area contributed by atoms with E-state index in [1.807, 2.05) is 0 Å². The van der Waals surface area contributed by atoms with E-state index >= 15 is 0 Å². The highest BCUT2D eigenvalue weighted by molar-refractivity contribution is 6.45. The van der Waals surface area contributed by atoms with E-state index in [4.69, 9.17) is 0 Å². The minimum Gasteiger partial charge on any atom is -0.288 e. The molecule has 2 amide bonds. The number of carbonyl (C=O) groups excluding carboxylic acids is 2. The zero-order chi connectivity index (χ0) is 8.55. The van der Waals surface area contributed by atoms with Gasteiger partial charge in [-0.2, -0.15) is 0 Å². The monoisotopic (exact) mass is 167 g/mol. The van der Waals surface area contributed by atoms with Crippen LogP contribution in [0.3, 0.4) is 0 Å². The molecular formula is C7H9N3O2. The predicted octanol–water partition coefficient (Wildman–Crippen LogP) is -1.00. The molecule has 0 spiro atoms. The van der Waals surface area contributed by atoms with Crippen LogP contribution in [0.4, 0.5) is 0 Å². The lowest BCUT2D eigenvalue weighted by Crippen LogP contribution is -2.26. The van der Waals surface area contributed by atoms with Gasteiger partial charge < -0.3 is 0 Å². The van der Waals surface area contributed by atoms with Crippen molar-refractivity contribution >= 4 is 17.8 Å². The second kappa shape index (κ2) is 2.58. The van der Waals surface area contributed by atoms with Gasteiger partial charge in [0.05, 0.1) is 0 Å². The molecule has 1 saturated carbocycles. The summed E-state index contributed by atoms with van der Waals surface area (Å²) in [5.74, 6) is -0.280. The fourth-order valence-electron chi connectivity index (χ4n) is 0.960. The highest BCUT2D eigenvalue weighted by atomic mass is 16.2. The second-order valence-electron chi connectivity index (χ2n) is 3.04. The molecule has 12 heavy (non-hydrogen) atoms. The number of aliphatic imine (C=N–C) groups is 1. The van der Waals surface area contributed by atoms with Crippen molar-refractivity contribution in [3.05, 3.63) is 0 Å². The second-order valence-corrected chi connectivity index (χ2v) is 3.04. The summed E-state index contributed by atoms with van der Waals surface area (Å²) >= 11 is 0. The van der Waals surface area contributed by atoms with Crippen LogP contribution in [-0.2, 0) is 9.59 Å². The van der Waals surface area contributed by atoms with Crippen molar-refractivity contribution in [2.45, 2.75) is 12.8 Å². The highest BCUT2D eigenvalue weighted by Gasteiger charge is 2.26. The molecule has 0 atom stereocenters. The summed E-state index contributed by atoms with van der Waals surface area (Å²) in [5.41, 5.74) is 0. The molecule has 0 radical (unpaired) electrons. The Balaban J connectivity index is 1.92. The van der Waals surface area contributed by atoms with Gasteiger partial charge in [0.1, 0.15) is 0 Å². The summed E-state index contributed by atoms with van der Waals surface area (Å²) in [4.78, 5) is 25.3. The van der Waals surface area contributed by atoms with Gasteiger partial charge in [0.15, 0.2) is 0 Å². The van der Waals surface area contributed by atoms with E-state index in [0.29, 0.717) is 18.4 Å². The van der Waals surface area contributed by atoms with Gasteiger partial charge in [-0.05, 0) is 18.8 Å². The topological polar surface area (TPSA) is 70.6 Å². The number of nitrogens with zero attached hydrogens (tertiary/aromatic N) is 1. The molecule has 0 aromatic heterocycles. The number of rotatable bonds is 2. The minimum absolute atomic E-state index is 0.303. The van der Waals surface area contributed by atoms with Gasteiger partial charge in [-0.25, -0.2) is 0 Å². The molecule has 0 aromatic rings. The molecule has 1 aliphatic carbocycles. The van der Waals surface area contributed by atoms with Gasteiger partial charge in [0, 0.05) is 6.54 Å². The van der Waals surface area contributed by atoms with E-state index < -0.39 is 11.8 Å². The number of hydrogen-bond donors (Lipinski definition) is 2. The third-order valence-electron chi connectivity index (χ3n) is 1.87. The van der Waals surface area contributed by atoms with E-state index in [9.17, 15) is 9.59 Å². The third-order valence-corrected chi connectivity index (χ3v) is 1.87. The van der Waals surface area contributed by atoms with Crippen LogP contribution in [0.2, 0.25) is 0 Å². The van der Waals surface area contributed by atoms with Gasteiger partial charge in [-0.3, -0.25) is 25.2 Å². The van der Waals surface area contributed by atoms with E-state index in [0.717, 1.165) is 0 Å². The lowest BCUT2D eigenvalue weighted by molar-refractivity contribution is -0.135. The lowest BCUT2D eigenvalue weighted by Gasteiger charge is -1.93. The van der Waals surface area contributed by atoms with Crippen molar-refractivity contribution in [2.75, 3.05) is 6.54 Å². The molecule has 2 N–H and O–H groups in total. The fraction of sp³-hybridized carbons (Fsp3) is 0.571. The maximum absolute atomic E-state index is 10.6. The normalized spacial score (nSPS) is 22.2. The van der Waals surface area contributed by atoms with Crippen molar-refractivity contribution in [1.82, 2.24) is 10.6 Å². The Hall–Kier alpha value is -1.39. The van der Waals surface area contributed by atoms with E-state index in [2.05, 4.69) is 15.6 Å². The molecule has 5 nitrogen and oxygen atoms in total. The first-order valence-corrected chi connectivity index (χ1v) is 3.92. The maximum atomic E-state index is 10.6. The van der Waals surface area contributed by atoms with Gasteiger partial charge in [0.2, 0.25) is 5.96 Å². The van der Waals surface area contributed by atoms with Crippen molar-refractivity contribution in [2.24, 2.45) is 10.9 Å². The van der Waals surface area contributed by atoms with Crippen LogP contribution < -0.4 is 10.6 Å². The van der Waals surface area contributed by atoms with Crippen LogP contribution in [0.15, 0.2) is 4.99 Å². The summed E-state index contributed by atoms with van der Waals surface area (Å²) in [7, 11) is 0. The van der Waals surface area contributed by atoms with E-state index in [1.54, 1.807) is 0 Å². The number of amides is 2. The van der Waals surface area contributed by atoms with Crippen molar-refractivity contribution in [1.29, 1.82) is 0 Å². The summed E-state index contributed by atoms with van der Waals surface area (Å²) in [6, 6.07) is 0. The fourth-order valence-corrected chi connectivity index (χ4v) is 0.960. The number of guanidine groups is 1. The molecule has 0 unspecified atom stereocenters. The maximum Gasteiger partial charge on any atom is 0.316 e. The Bertz CT molecular complexity index is 250. The molecule has 2 fully saturated rings. The number of nitrogens with one attached hydrogen (secondary N) is 2. The largest absolute Gasteiger partial charge is 0.316 e. The summed E-state index contributed by atoms with van der Waals surface area (Å²) < 4.78 is 0. The summed E-state index contributed by atoms with van der Waals surface area (Å²) in [6.45, 7) is 0.704. The van der Waals surface area contributed by atoms with Crippen LogP contribution in [0.1, 0.15) is 12.8 Å². The third kappa shape index (κ3) is 1.44. The van der Waals surface area contributed by atoms with Crippen molar-refractivity contribution < 1.29 is 9.59 Å². The van der Waals surface area contributed by atoms with Crippen LogP contribution >= 0.6 is 0 Å². The number of hydrogen-bond acceptors (Lipinski definition) is 3. The molecule has 0 bridgehead atoms. The Kier molecular flexibility index (Phi) is 1.56. The lowest BCUT2D eigenvalue weighted by atomic mass is 10.4. The molecule has 1 aliphatic heterocycles. The molecule has 1 heterocycles. The van der Waals surface area contributed by atoms with Crippen molar-refractivity contribution in [3.63, 3.8) is 0 Å². The Labute approximate surface area is 69.2 Å². The standard InChI is InChI=1S/C7H9N3O2/c11-5-6(12)10-7(9-5)8-3-4-1-2-4/h4H,1-3H2,(H2,8,9,10,11,12). The first-order chi connectivity index (χ1) is 5.75. The smallest absolute Gasteiger partial charge is 0.288 e. The summed E-state index contributed by atoms with van der Waals surface area (Å²) in [6.07, 6.45) is 2.41. The molecule has 5 heteroatoms. The Morgan fingerprint density at radius 1 is 1.25 bits per heavy atom. The first-order valence-electron chi connectivity index (χ1n) is 3.92. The molecular weight excluding hydrogens is 158 g/mol. The van der Waals surface area contributed by atoms with Gasteiger partial charge in [-0.15, -0.1) is 0 Å². The molecule has 64 valence electrons. The van der Waals surface area contributed by atoms with Crippen LogP contribution in [0.5, 0.6) is 0 Å². The van der Waals surface area contributed by atoms with Crippen LogP contribution in [0.25, 0.3) is 0 Å². The minimum atomic E-state index is -0.621. The van der Waals surface area contributed by atoms with Gasteiger partial charge in [0.25, 0.3) is 0 Å². The van der Waals surface area contributed by atoms with Gasteiger partial charge in [-0.1, -0.05) is 0 Å². The Morgan fingerprint density at radius 3 is 2.33 bits per heavy atom. The zero-order valence-corrected chi connectivity index (χ0v) is 6.46. The molecule has 2 aliphatic rings. The zero-order valence-electron chi connectivity index (χ0n) is 6.46. The van der Waals surface area contributed by atoms with E-state index in [1.165, 1.54) is 12.8 Å². The molecule has 2 rings (SSSR count). The Morgan fingerprint density at radius 2 is 1.83 bits per heavy atom. The first kappa shape index (κ1) is 7.27. The highest BCUT2D eigenvalue weighted by Crippen LogP contribution is 2.28. The SMILES string of the molecule is O=C1NC(=NCC2CC2)NC1=O. The molecule has 0 aromatic carbocycles. The van der Waals surface area contributed by atoms with Crippen molar-refractivity contribution in [3.8, 4) is 0 Å². The number of carbonyl (C=O) groups is 2. The average molecular weight is 167 g/mol. The molecule has 1 saturated heterocycles.